The summed E-state index contributed by atoms with van der Waals surface area (Å²) in [4.78, 5) is 11.2. The Kier molecular flexibility index (Phi) is 3.53. The van der Waals surface area contributed by atoms with Gasteiger partial charge < -0.3 is 10.5 Å². The number of nitrogens with two attached hydrogens (primary N) is 1. The summed E-state index contributed by atoms with van der Waals surface area (Å²) in [6, 6.07) is -0.495. The second kappa shape index (κ2) is 4.30. The number of ether oxygens (including phenoxy) is 1. The summed E-state index contributed by atoms with van der Waals surface area (Å²) < 4.78 is 5.28. The minimum atomic E-state index is -0.495. The second-order valence-corrected chi connectivity index (χ2v) is 5.09. The van der Waals surface area contributed by atoms with Crippen LogP contribution in [0.1, 0.15) is 46.5 Å². The first-order valence-electron chi connectivity index (χ1n) is 5.37. The van der Waals surface area contributed by atoms with E-state index in [-0.39, 0.29) is 12.1 Å². The van der Waals surface area contributed by atoms with E-state index in [4.69, 9.17) is 10.5 Å². The van der Waals surface area contributed by atoms with Crippen LogP contribution >= 0.6 is 0 Å². The molecular formula is C11H21NO2. The average Bonchev–Trinajstić information content (AvgIpc) is 2.08. The van der Waals surface area contributed by atoms with Crippen LogP contribution in [0.2, 0.25) is 0 Å². The highest BCUT2D eigenvalue weighted by Crippen LogP contribution is 2.36. The lowest BCUT2D eigenvalue weighted by Crippen LogP contribution is -2.35. The molecule has 1 atom stereocenters. The van der Waals surface area contributed by atoms with Gasteiger partial charge in [-0.15, -0.1) is 0 Å². The Morgan fingerprint density at radius 1 is 1.43 bits per heavy atom. The minimum absolute atomic E-state index is 0.0986. The Morgan fingerprint density at radius 3 is 2.36 bits per heavy atom. The van der Waals surface area contributed by atoms with Crippen molar-refractivity contribution in [2.75, 3.05) is 0 Å². The zero-order valence-electron chi connectivity index (χ0n) is 9.38. The Morgan fingerprint density at radius 2 is 1.93 bits per heavy atom. The van der Waals surface area contributed by atoms with Crippen LogP contribution in [0.15, 0.2) is 0 Å². The fourth-order valence-electron chi connectivity index (χ4n) is 1.76. The molecule has 14 heavy (non-hydrogen) atoms. The Hall–Kier alpha value is -0.570. The molecule has 0 aliphatic heterocycles. The molecule has 0 bridgehead atoms. The summed E-state index contributed by atoms with van der Waals surface area (Å²) in [6.45, 7) is 6.18. The molecule has 0 saturated heterocycles. The molecule has 1 fully saturated rings. The molecule has 0 spiro atoms. The number of hydrogen-bond acceptors (Lipinski definition) is 3. The molecule has 0 heterocycles. The van der Waals surface area contributed by atoms with Gasteiger partial charge in [-0.2, -0.15) is 0 Å². The van der Waals surface area contributed by atoms with E-state index in [1.54, 1.807) is 6.92 Å². The maximum Gasteiger partial charge on any atom is 0.322 e. The summed E-state index contributed by atoms with van der Waals surface area (Å²) in [5.74, 6) is -0.269. The molecule has 0 aromatic heterocycles. The van der Waals surface area contributed by atoms with E-state index in [9.17, 15) is 4.79 Å². The summed E-state index contributed by atoms with van der Waals surface area (Å²) in [5, 5.41) is 0. The SMILES string of the molecule is CC(N)C(=O)OC1CCC(C)(C)CC1. The lowest BCUT2D eigenvalue weighted by atomic mass is 9.76. The summed E-state index contributed by atoms with van der Waals surface area (Å²) >= 11 is 0. The molecule has 2 N–H and O–H groups in total. The van der Waals surface area contributed by atoms with Gasteiger partial charge in [0.1, 0.15) is 12.1 Å². The molecule has 1 unspecified atom stereocenters. The highest BCUT2D eigenvalue weighted by atomic mass is 16.5. The molecule has 1 rings (SSSR count). The monoisotopic (exact) mass is 199 g/mol. The Bertz CT molecular complexity index is 201. The predicted molar refractivity (Wildman–Crippen MR) is 55.8 cm³/mol. The minimum Gasteiger partial charge on any atom is -0.461 e. The van der Waals surface area contributed by atoms with E-state index in [1.807, 2.05) is 0 Å². The van der Waals surface area contributed by atoms with Crippen LogP contribution in [0.3, 0.4) is 0 Å². The van der Waals surface area contributed by atoms with E-state index < -0.39 is 6.04 Å². The maximum atomic E-state index is 11.2. The average molecular weight is 199 g/mol. The van der Waals surface area contributed by atoms with Crippen LogP contribution in [-0.2, 0) is 9.53 Å². The van der Waals surface area contributed by atoms with Crippen molar-refractivity contribution >= 4 is 5.97 Å². The van der Waals surface area contributed by atoms with Crippen molar-refractivity contribution in [3.8, 4) is 0 Å². The summed E-state index contributed by atoms with van der Waals surface area (Å²) in [5.41, 5.74) is 5.85. The van der Waals surface area contributed by atoms with Gasteiger partial charge >= 0.3 is 5.97 Å². The first-order chi connectivity index (χ1) is 6.41. The second-order valence-electron chi connectivity index (χ2n) is 5.09. The van der Waals surface area contributed by atoms with Crippen LogP contribution in [0.4, 0.5) is 0 Å². The van der Waals surface area contributed by atoms with Crippen LogP contribution in [0.5, 0.6) is 0 Å². The molecule has 1 aliphatic carbocycles. The van der Waals surface area contributed by atoms with E-state index in [0.29, 0.717) is 5.41 Å². The largest absolute Gasteiger partial charge is 0.461 e. The molecule has 0 amide bonds. The zero-order chi connectivity index (χ0) is 10.8. The highest BCUT2D eigenvalue weighted by Gasteiger charge is 2.29. The zero-order valence-corrected chi connectivity index (χ0v) is 9.38. The van der Waals surface area contributed by atoms with Gasteiger partial charge in [0, 0.05) is 0 Å². The maximum absolute atomic E-state index is 11.2. The standard InChI is InChI=1S/C11H21NO2/c1-8(12)10(13)14-9-4-6-11(2,3)7-5-9/h8-9H,4-7,12H2,1-3H3. The van der Waals surface area contributed by atoms with Gasteiger partial charge in [0.15, 0.2) is 0 Å². The molecule has 0 radical (unpaired) electrons. The first-order valence-corrected chi connectivity index (χ1v) is 5.37. The quantitative estimate of drug-likeness (QED) is 0.690. The van der Waals surface area contributed by atoms with Crippen molar-refractivity contribution in [3.05, 3.63) is 0 Å². The summed E-state index contributed by atoms with van der Waals surface area (Å²) in [7, 11) is 0. The number of carbonyl (C=O) groups excluding carboxylic acids is 1. The third kappa shape index (κ3) is 3.29. The van der Waals surface area contributed by atoms with Gasteiger partial charge in [0.2, 0.25) is 0 Å². The highest BCUT2D eigenvalue weighted by molar-refractivity contribution is 5.75. The van der Waals surface area contributed by atoms with Crippen molar-refractivity contribution in [2.24, 2.45) is 11.1 Å². The number of carbonyl (C=O) groups is 1. The fraction of sp³-hybridized carbons (Fsp3) is 0.909. The Balaban J connectivity index is 2.33. The van der Waals surface area contributed by atoms with Crippen molar-refractivity contribution < 1.29 is 9.53 Å². The number of rotatable bonds is 2. The third-order valence-corrected chi connectivity index (χ3v) is 2.94. The topological polar surface area (TPSA) is 52.3 Å². The lowest BCUT2D eigenvalue weighted by Gasteiger charge is -2.34. The van der Waals surface area contributed by atoms with E-state index in [0.717, 1.165) is 25.7 Å². The van der Waals surface area contributed by atoms with Gasteiger partial charge in [0.25, 0.3) is 0 Å². The fourth-order valence-corrected chi connectivity index (χ4v) is 1.76. The molecular weight excluding hydrogens is 178 g/mol. The number of hydrogen-bond donors (Lipinski definition) is 1. The Labute approximate surface area is 86.0 Å². The molecule has 1 saturated carbocycles. The van der Waals surface area contributed by atoms with Crippen LogP contribution in [0, 0.1) is 5.41 Å². The van der Waals surface area contributed by atoms with E-state index in [2.05, 4.69) is 13.8 Å². The van der Waals surface area contributed by atoms with E-state index in [1.165, 1.54) is 0 Å². The first kappa shape index (κ1) is 11.5. The van der Waals surface area contributed by atoms with Crippen molar-refractivity contribution in [1.29, 1.82) is 0 Å². The normalized spacial score (nSPS) is 24.3. The van der Waals surface area contributed by atoms with Gasteiger partial charge in [-0.1, -0.05) is 13.8 Å². The van der Waals surface area contributed by atoms with Crippen molar-refractivity contribution in [3.63, 3.8) is 0 Å². The number of esters is 1. The van der Waals surface area contributed by atoms with Crippen LogP contribution in [0.25, 0.3) is 0 Å². The van der Waals surface area contributed by atoms with Gasteiger partial charge in [-0.3, -0.25) is 4.79 Å². The third-order valence-electron chi connectivity index (χ3n) is 2.94. The molecule has 3 heteroatoms. The van der Waals surface area contributed by atoms with Gasteiger partial charge in [0.05, 0.1) is 0 Å². The molecule has 82 valence electrons. The summed E-state index contributed by atoms with van der Waals surface area (Å²) in [6.07, 6.45) is 4.31. The van der Waals surface area contributed by atoms with Crippen molar-refractivity contribution in [2.45, 2.75) is 58.6 Å². The van der Waals surface area contributed by atoms with Gasteiger partial charge in [-0.05, 0) is 38.0 Å². The van der Waals surface area contributed by atoms with Crippen LogP contribution in [-0.4, -0.2) is 18.1 Å². The predicted octanol–water partition coefficient (Wildman–Crippen LogP) is 1.85. The van der Waals surface area contributed by atoms with Crippen molar-refractivity contribution in [1.82, 2.24) is 0 Å². The molecule has 0 aromatic rings. The molecule has 3 nitrogen and oxygen atoms in total. The smallest absolute Gasteiger partial charge is 0.322 e. The van der Waals surface area contributed by atoms with Gasteiger partial charge in [-0.25, -0.2) is 0 Å². The molecule has 1 aliphatic rings. The molecule has 0 aromatic carbocycles. The van der Waals surface area contributed by atoms with E-state index >= 15 is 0 Å². The van der Waals surface area contributed by atoms with Crippen LogP contribution < -0.4 is 5.73 Å². The lowest BCUT2D eigenvalue weighted by molar-refractivity contribution is -0.152.